The lowest BCUT2D eigenvalue weighted by Gasteiger charge is -2.17. The van der Waals surface area contributed by atoms with Gasteiger partial charge in [0.25, 0.3) is 0 Å². The Balaban J connectivity index is 1.39. The second-order valence-corrected chi connectivity index (χ2v) is 6.33. The molecule has 2 amide bonds. The maximum atomic E-state index is 12.2. The molecule has 25 heavy (non-hydrogen) atoms. The van der Waals surface area contributed by atoms with E-state index in [-0.39, 0.29) is 6.03 Å². The first-order chi connectivity index (χ1) is 12.2. The van der Waals surface area contributed by atoms with Gasteiger partial charge in [-0.15, -0.1) is 10.2 Å². The van der Waals surface area contributed by atoms with E-state index in [1.54, 1.807) is 19.1 Å². The van der Waals surface area contributed by atoms with Crippen LogP contribution >= 0.6 is 0 Å². The molecule has 1 aromatic heterocycles. The number of aromatic nitrogens is 3. The van der Waals surface area contributed by atoms with E-state index in [4.69, 9.17) is 4.74 Å². The number of carbonyl (C=O) groups excluding carboxylic acids is 1. The van der Waals surface area contributed by atoms with Gasteiger partial charge in [-0.05, 0) is 37.0 Å². The van der Waals surface area contributed by atoms with Crippen molar-refractivity contribution >= 4 is 6.03 Å². The first-order valence-corrected chi connectivity index (χ1v) is 8.70. The summed E-state index contributed by atoms with van der Waals surface area (Å²) in [5, 5.41) is 11.3. The second-order valence-electron chi connectivity index (χ2n) is 6.33. The van der Waals surface area contributed by atoms with Gasteiger partial charge in [-0.25, -0.2) is 4.79 Å². The van der Waals surface area contributed by atoms with E-state index in [0.29, 0.717) is 13.1 Å². The van der Waals surface area contributed by atoms with E-state index in [2.05, 4.69) is 32.2 Å². The Kier molecular flexibility index (Phi) is 5.53. The lowest BCUT2D eigenvalue weighted by molar-refractivity contribution is 0.205. The topological polar surface area (TPSA) is 72.3 Å². The van der Waals surface area contributed by atoms with Crippen LogP contribution < -0.4 is 10.1 Å². The van der Waals surface area contributed by atoms with Gasteiger partial charge < -0.3 is 19.5 Å². The molecule has 1 aliphatic rings. The highest BCUT2D eigenvalue weighted by Crippen LogP contribution is 2.15. The first kappa shape index (κ1) is 17.3. The molecule has 0 fully saturated rings. The van der Waals surface area contributed by atoms with E-state index < -0.39 is 0 Å². The molecule has 0 saturated heterocycles. The molecule has 0 spiro atoms. The SMILES string of the molecule is COc1ccc(CCCNC(=O)N(C)Cc2nnc3n2CCC3)cc1. The van der Waals surface area contributed by atoms with Crippen LogP contribution in [0.2, 0.25) is 0 Å². The number of ether oxygens (including phenoxy) is 1. The molecule has 7 nitrogen and oxygen atoms in total. The number of amides is 2. The monoisotopic (exact) mass is 343 g/mol. The molecule has 1 aliphatic heterocycles. The number of benzene rings is 1. The van der Waals surface area contributed by atoms with Crippen molar-refractivity contribution in [3.8, 4) is 5.75 Å². The molecule has 0 radical (unpaired) electrons. The van der Waals surface area contributed by atoms with Gasteiger partial charge in [0, 0.05) is 26.6 Å². The van der Waals surface area contributed by atoms with Crippen molar-refractivity contribution < 1.29 is 9.53 Å². The largest absolute Gasteiger partial charge is 0.497 e. The van der Waals surface area contributed by atoms with Crippen LogP contribution in [0.25, 0.3) is 0 Å². The molecular weight excluding hydrogens is 318 g/mol. The summed E-state index contributed by atoms with van der Waals surface area (Å²) in [4.78, 5) is 13.9. The molecule has 2 aromatic rings. The van der Waals surface area contributed by atoms with Gasteiger partial charge in [-0.1, -0.05) is 12.1 Å². The average molecular weight is 343 g/mol. The second kappa shape index (κ2) is 8.00. The van der Waals surface area contributed by atoms with E-state index in [1.165, 1.54) is 5.56 Å². The zero-order valence-electron chi connectivity index (χ0n) is 14.9. The summed E-state index contributed by atoms with van der Waals surface area (Å²) >= 11 is 0. The third-order valence-electron chi connectivity index (χ3n) is 4.49. The Morgan fingerprint density at radius 3 is 2.88 bits per heavy atom. The highest BCUT2D eigenvalue weighted by Gasteiger charge is 2.19. The number of nitrogens with zero attached hydrogens (tertiary/aromatic N) is 4. The first-order valence-electron chi connectivity index (χ1n) is 8.70. The van der Waals surface area contributed by atoms with E-state index >= 15 is 0 Å². The highest BCUT2D eigenvalue weighted by molar-refractivity contribution is 5.73. The summed E-state index contributed by atoms with van der Waals surface area (Å²) in [6.07, 6.45) is 3.91. The lowest BCUT2D eigenvalue weighted by atomic mass is 10.1. The smallest absolute Gasteiger partial charge is 0.317 e. The molecule has 0 aliphatic carbocycles. The zero-order valence-corrected chi connectivity index (χ0v) is 14.9. The Morgan fingerprint density at radius 1 is 1.32 bits per heavy atom. The van der Waals surface area contributed by atoms with Crippen LogP contribution in [0.5, 0.6) is 5.75 Å². The van der Waals surface area contributed by atoms with E-state index in [1.807, 2.05) is 12.1 Å². The Hall–Kier alpha value is -2.57. The minimum absolute atomic E-state index is 0.0786. The standard InChI is InChI=1S/C18H25N5O2/c1-22(13-17-21-20-16-6-4-12-23(16)17)18(24)19-11-3-5-14-7-9-15(25-2)10-8-14/h7-10H,3-6,11-13H2,1-2H3,(H,19,24). The highest BCUT2D eigenvalue weighted by atomic mass is 16.5. The summed E-state index contributed by atoms with van der Waals surface area (Å²) < 4.78 is 7.27. The number of nitrogens with one attached hydrogen (secondary N) is 1. The van der Waals surface area contributed by atoms with Crippen molar-refractivity contribution in [3.63, 3.8) is 0 Å². The van der Waals surface area contributed by atoms with Gasteiger partial charge in [0.05, 0.1) is 13.7 Å². The van der Waals surface area contributed by atoms with E-state index in [0.717, 1.165) is 49.6 Å². The average Bonchev–Trinajstić information content (AvgIpc) is 3.24. The van der Waals surface area contributed by atoms with Crippen LogP contribution in [0.1, 0.15) is 30.1 Å². The molecule has 2 heterocycles. The number of hydrogen-bond acceptors (Lipinski definition) is 4. The van der Waals surface area contributed by atoms with Crippen LogP contribution in [0.15, 0.2) is 24.3 Å². The predicted molar refractivity (Wildman–Crippen MR) is 94.5 cm³/mol. The third-order valence-corrected chi connectivity index (χ3v) is 4.49. The van der Waals surface area contributed by atoms with Crippen LogP contribution in [0.3, 0.4) is 0 Å². The fourth-order valence-corrected chi connectivity index (χ4v) is 3.03. The summed E-state index contributed by atoms with van der Waals surface area (Å²) in [6, 6.07) is 7.94. The number of hydrogen-bond donors (Lipinski definition) is 1. The van der Waals surface area contributed by atoms with Gasteiger partial charge >= 0.3 is 6.03 Å². The summed E-state index contributed by atoms with van der Waals surface area (Å²) in [6.45, 7) is 2.08. The zero-order chi connectivity index (χ0) is 17.6. The van der Waals surface area contributed by atoms with Gasteiger partial charge in [-0.2, -0.15) is 0 Å². The molecule has 134 valence electrons. The molecule has 1 N–H and O–H groups in total. The maximum Gasteiger partial charge on any atom is 0.317 e. The molecule has 3 rings (SSSR count). The Bertz CT molecular complexity index is 711. The van der Waals surface area contributed by atoms with Crippen molar-refractivity contribution in [2.45, 2.75) is 38.8 Å². The van der Waals surface area contributed by atoms with Crippen LogP contribution in [0, 0.1) is 0 Å². The van der Waals surface area contributed by atoms with Gasteiger partial charge in [0.2, 0.25) is 0 Å². The number of aryl methyl sites for hydroxylation is 2. The lowest BCUT2D eigenvalue weighted by Crippen LogP contribution is -2.38. The molecule has 0 bridgehead atoms. The van der Waals surface area contributed by atoms with Gasteiger partial charge in [0.15, 0.2) is 5.82 Å². The third kappa shape index (κ3) is 4.29. The van der Waals surface area contributed by atoms with Crippen molar-refractivity contribution in [1.29, 1.82) is 0 Å². The predicted octanol–water partition coefficient (Wildman–Crippen LogP) is 2.01. The van der Waals surface area contributed by atoms with Gasteiger partial charge in [-0.3, -0.25) is 0 Å². The van der Waals surface area contributed by atoms with Crippen molar-refractivity contribution in [1.82, 2.24) is 25.0 Å². The van der Waals surface area contributed by atoms with Crippen molar-refractivity contribution in [3.05, 3.63) is 41.5 Å². The quantitative estimate of drug-likeness (QED) is 0.781. The van der Waals surface area contributed by atoms with Crippen molar-refractivity contribution in [2.24, 2.45) is 0 Å². The normalized spacial score (nSPS) is 12.7. The fourth-order valence-electron chi connectivity index (χ4n) is 3.03. The molecule has 0 saturated carbocycles. The Morgan fingerprint density at radius 2 is 2.12 bits per heavy atom. The van der Waals surface area contributed by atoms with Crippen LogP contribution in [0.4, 0.5) is 4.79 Å². The number of carbonyl (C=O) groups is 1. The molecular formula is C18H25N5O2. The minimum Gasteiger partial charge on any atom is -0.497 e. The number of urea groups is 1. The molecule has 0 unspecified atom stereocenters. The maximum absolute atomic E-state index is 12.2. The van der Waals surface area contributed by atoms with Crippen LogP contribution in [-0.4, -0.2) is 46.4 Å². The number of methoxy groups -OCH3 is 1. The Labute approximate surface area is 148 Å². The summed E-state index contributed by atoms with van der Waals surface area (Å²) in [5.74, 6) is 2.75. The summed E-state index contributed by atoms with van der Waals surface area (Å²) in [5.41, 5.74) is 1.24. The van der Waals surface area contributed by atoms with Gasteiger partial charge in [0.1, 0.15) is 11.6 Å². The number of rotatable bonds is 7. The number of fused-ring (bicyclic) bond motifs is 1. The van der Waals surface area contributed by atoms with Crippen LogP contribution in [-0.2, 0) is 25.9 Å². The van der Waals surface area contributed by atoms with Crippen molar-refractivity contribution in [2.75, 3.05) is 20.7 Å². The fraction of sp³-hybridized carbons (Fsp3) is 0.500. The molecule has 7 heteroatoms. The van der Waals surface area contributed by atoms with E-state index in [9.17, 15) is 4.79 Å². The summed E-state index contributed by atoms with van der Waals surface area (Å²) in [7, 11) is 3.45. The minimum atomic E-state index is -0.0786. The molecule has 0 atom stereocenters. The molecule has 1 aromatic carbocycles.